The fourth-order valence-corrected chi connectivity index (χ4v) is 3.91. The largest absolute Gasteiger partial charge is 0.423 e. The number of nitrogens with zero attached hydrogens (tertiary/aromatic N) is 1. The minimum absolute atomic E-state index is 0.217. The fraction of sp³-hybridized carbons (Fsp3) is 0.286. The lowest BCUT2D eigenvalue weighted by molar-refractivity contribution is 0.521. The van der Waals surface area contributed by atoms with Gasteiger partial charge in [0.15, 0.2) is 0 Å². The van der Waals surface area contributed by atoms with Crippen LogP contribution in [0, 0.1) is 20.8 Å². The molecule has 148 valence electrons. The molecule has 0 amide bonds. The minimum atomic E-state index is -3.52. The van der Waals surface area contributed by atoms with Crippen LogP contribution in [-0.4, -0.2) is 26.8 Å². The molecular formula is C21H24N2O4S. The molecule has 1 aromatic heterocycles. The third-order valence-electron chi connectivity index (χ3n) is 4.90. The first kappa shape index (κ1) is 20.1. The topological polar surface area (TPSA) is 79.6 Å². The average Bonchev–Trinajstić information content (AvgIpc) is 2.62. The van der Waals surface area contributed by atoms with Crippen LogP contribution in [0.2, 0.25) is 0 Å². The summed E-state index contributed by atoms with van der Waals surface area (Å²) < 4.78 is 31.3. The lowest BCUT2D eigenvalue weighted by atomic mass is 10.0. The van der Waals surface area contributed by atoms with Gasteiger partial charge in [-0.1, -0.05) is 6.07 Å². The molecule has 2 aromatic carbocycles. The molecule has 3 aromatic rings. The Morgan fingerprint density at radius 2 is 1.64 bits per heavy atom. The first-order valence-electron chi connectivity index (χ1n) is 8.90. The quantitative estimate of drug-likeness (QED) is 0.662. The number of nitrogens with one attached hydrogen (secondary N) is 1. The van der Waals surface area contributed by atoms with Gasteiger partial charge in [0, 0.05) is 37.8 Å². The smallest absolute Gasteiger partial charge is 0.336 e. The minimum Gasteiger partial charge on any atom is -0.423 e. The molecule has 28 heavy (non-hydrogen) atoms. The highest BCUT2D eigenvalue weighted by Crippen LogP contribution is 2.25. The van der Waals surface area contributed by atoms with Gasteiger partial charge in [-0.3, -0.25) is 0 Å². The summed E-state index contributed by atoms with van der Waals surface area (Å²) in [4.78, 5) is 12.2. The van der Waals surface area contributed by atoms with Crippen molar-refractivity contribution in [3.8, 4) is 0 Å². The van der Waals surface area contributed by atoms with Crippen LogP contribution in [0.15, 0.2) is 50.5 Å². The predicted octanol–water partition coefficient (Wildman–Crippen LogP) is 3.58. The molecule has 0 atom stereocenters. The Morgan fingerprint density at radius 3 is 2.32 bits per heavy atom. The molecule has 0 aliphatic heterocycles. The van der Waals surface area contributed by atoms with Gasteiger partial charge in [-0.2, -0.15) is 0 Å². The summed E-state index contributed by atoms with van der Waals surface area (Å²) in [5.74, 6) is 0. The molecule has 0 saturated heterocycles. The number of hydrogen-bond donors (Lipinski definition) is 1. The third-order valence-corrected chi connectivity index (χ3v) is 6.71. The van der Waals surface area contributed by atoms with Crippen molar-refractivity contribution in [2.75, 3.05) is 19.4 Å². The summed E-state index contributed by atoms with van der Waals surface area (Å²) in [7, 11) is -0.519. The Hall–Kier alpha value is -2.64. The highest BCUT2D eigenvalue weighted by molar-refractivity contribution is 7.89. The van der Waals surface area contributed by atoms with Crippen LogP contribution in [-0.2, 0) is 16.6 Å². The number of anilines is 1. The van der Waals surface area contributed by atoms with E-state index < -0.39 is 15.6 Å². The molecule has 1 N–H and O–H groups in total. The van der Waals surface area contributed by atoms with Gasteiger partial charge >= 0.3 is 5.63 Å². The zero-order chi connectivity index (χ0) is 20.6. The van der Waals surface area contributed by atoms with Crippen molar-refractivity contribution in [2.24, 2.45) is 0 Å². The van der Waals surface area contributed by atoms with Crippen LogP contribution in [0.4, 0.5) is 5.69 Å². The second kappa shape index (κ2) is 7.41. The van der Waals surface area contributed by atoms with Gasteiger partial charge in [-0.15, -0.1) is 0 Å². The third kappa shape index (κ3) is 3.81. The maximum Gasteiger partial charge on any atom is 0.336 e. The Kier molecular flexibility index (Phi) is 5.32. The maximum atomic E-state index is 12.4. The van der Waals surface area contributed by atoms with E-state index in [-0.39, 0.29) is 4.90 Å². The van der Waals surface area contributed by atoms with E-state index in [2.05, 4.69) is 5.32 Å². The van der Waals surface area contributed by atoms with Gasteiger partial charge in [0.25, 0.3) is 0 Å². The Morgan fingerprint density at radius 1 is 0.964 bits per heavy atom. The number of fused-ring (bicyclic) bond motifs is 1. The number of benzene rings is 2. The molecule has 0 saturated carbocycles. The normalized spacial score (nSPS) is 11.9. The van der Waals surface area contributed by atoms with Crippen LogP contribution in [0.5, 0.6) is 0 Å². The van der Waals surface area contributed by atoms with E-state index in [0.29, 0.717) is 17.8 Å². The zero-order valence-corrected chi connectivity index (χ0v) is 17.5. The lowest BCUT2D eigenvalue weighted by Crippen LogP contribution is -2.22. The van der Waals surface area contributed by atoms with Crippen LogP contribution < -0.4 is 10.9 Å². The number of rotatable bonds is 5. The molecule has 0 unspecified atom stereocenters. The second-order valence-electron chi connectivity index (χ2n) is 7.14. The molecule has 0 bridgehead atoms. The van der Waals surface area contributed by atoms with Gasteiger partial charge in [0.1, 0.15) is 5.58 Å². The van der Waals surface area contributed by atoms with Crippen molar-refractivity contribution in [1.82, 2.24) is 4.31 Å². The van der Waals surface area contributed by atoms with E-state index in [1.54, 1.807) is 18.2 Å². The van der Waals surface area contributed by atoms with Gasteiger partial charge in [-0.25, -0.2) is 17.5 Å². The molecule has 0 aliphatic rings. The highest BCUT2D eigenvalue weighted by atomic mass is 32.2. The summed E-state index contributed by atoms with van der Waals surface area (Å²) in [6.45, 7) is 6.26. The standard InChI is InChI=1S/C21H24N2O4S/c1-13-6-7-17(28(25,26)23(4)5)11-19(13)22-12-16-10-21(24)27-20-9-15(3)14(2)8-18(16)20/h6-11,22H,12H2,1-5H3. The molecule has 0 radical (unpaired) electrons. The van der Waals surface area contributed by atoms with Crippen LogP contribution in [0.25, 0.3) is 11.0 Å². The van der Waals surface area contributed by atoms with Gasteiger partial charge in [0.2, 0.25) is 10.0 Å². The summed E-state index contributed by atoms with van der Waals surface area (Å²) in [6, 6.07) is 10.3. The molecular weight excluding hydrogens is 376 g/mol. The summed E-state index contributed by atoms with van der Waals surface area (Å²) in [5, 5.41) is 4.14. The van der Waals surface area contributed by atoms with Crippen LogP contribution in [0.1, 0.15) is 22.3 Å². The van der Waals surface area contributed by atoms with Gasteiger partial charge < -0.3 is 9.73 Å². The highest BCUT2D eigenvalue weighted by Gasteiger charge is 2.18. The zero-order valence-electron chi connectivity index (χ0n) is 16.7. The van der Waals surface area contributed by atoms with Crippen molar-refractivity contribution < 1.29 is 12.8 Å². The first-order chi connectivity index (χ1) is 13.1. The van der Waals surface area contributed by atoms with E-state index in [0.717, 1.165) is 27.6 Å². The first-order valence-corrected chi connectivity index (χ1v) is 10.3. The Bertz CT molecular complexity index is 1210. The Labute approximate surface area is 164 Å². The molecule has 1 heterocycles. The molecule has 0 fully saturated rings. The van der Waals surface area contributed by atoms with Crippen molar-refractivity contribution in [3.05, 3.63) is 69.1 Å². The molecule has 0 spiro atoms. The molecule has 7 heteroatoms. The number of hydrogen-bond acceptors (Lipinski definition) is 5. The SMILES string of the molecule is Cc1cc2oc(=O)cc(CNc3cc(S(=O)(=O)N(C)C)ccc3C)c2cc1C. The average molecular weight is 401 g/mol. The van der Waals surface area contributed by atoms with Crippen molar-refractivity contribution in [1.29, 1.82) is 0 Å². The Balaban J connectivity index is 1.99. The van der Waals surface area contributed by atoms with Gasteiger partial charge in [-0.05, 0) is 67.3 Å². The molecule has 0 aliphatic carbocycles. The van der Waals surface area contributed by atoms with Crippen molar-refractivity contribution in [2.45, 2.75) is 32.2 Å². The van der Waals surface area contributed by atoms with Crippen molar-refractivity contribution >= 4 is 26.7 Å². The van der Waals surface area contributed by atoms with Gasteiger partial charge in [0.05, 0.1) is 4.90 Å². The molecule has 6 nitrogen and oxygen atoms in total. The summed E-state index contributed by atoms with van der Waals surface area (Å²) in [5.41, 5.74) is 4.72. The second-order valence-corrected chi connectivity index (χ2v) is 9.29. The monoisotopic (exact) mass is 400 g/mol. The van der Waals surface area contributed by atoms with E-state index >= 15 is 0 Å². The van der Waals surface area contributed by atoms with Crippen LogP contribution in [0.3, 0.4) is 0 Å². The lowest BCUT2D eigenvalue weighted by Gasteiger charge is -2.15. The van der Waals surface area contributed by atoms with E-state index in [1.165, 1.54) is 24.5 Å². The number of sulfonamides is 1. The fourth-order valence-electron chi connectivity index (χ4n) is 2.98. The van der Waals surface area contributed by atoms with Crippen molar-refractivity contribution in [3.63, 3.8) is 0 Å². The van der Waals surface area contributed by atoms with E-state index in [1.807, 2.05) is 32.9 Å². The molecule has 3 rings (SSSR count). The van der Waals surface area contributed by atoms with E-state index in [9.17, 15) is 13.2 Å². The van der Waals surface area contributed by atoms with Crippen LogP contribution >= 0.6 is 0 Å². The summed E-state index contributed by atoms with van der Waals surface area (Å²) >= 11 is 0. The maximum absolute atomic E-state index is 12.4. The van der Waals surface area contributed by atoms with E-state index in [4.69, 9.17) is 4.42 Å². The predicted molar refractivity (Wildman–Crippen MR) is 111 cm³/mol. The summed E-state index contributed by atoms with van der Waals surface area (Å²) in [6.07, 6.45) is 0. The number of aryl methyl sites for hydroxylation is 3.